The van der Waals surface area contributed by atoms with E-state index in [9.17, 15) is 0 Å². The highest BCUT2D eigenvalue weighted by Crippen LogP contribution is 2.29. The highest BCUT2D eigenvalue weighted by molar-refractivity contribution is 5.93. The van der Waals surface area contributed by atoms with E-state index >= 15 is 0 Å². The van der Waals surface area contributed by atoms with Gasteiger partial charge in [0.15, 0.2) is 0 Å². The van der Waals surface area contributed by atoms with Gasteiger partial charge in [0, 0.05) is 16.6 Å². The molecule has 0 saturated carbocycles. The number of benzene rings is 3. The van der Waals surface area contributed by atoms with Crippen LogP contribution in [0.1, 0.15) is 5.56 Å². The average Bonchev–Trinajstić information content (AvgIpc) is 3.34. The summed E-state index contributed by atoms with van der Waals surface area (Å²) in [7, 11) is 0. The number of nitrogens with zero attached hydrogens (tertiary/aromatic N) is 2. The van der Waals surface area contributed by atoms with Crippen LogP contribution in [-0.4, -0.2) is 9.97 Å². The smallest absolute Gasteiger partial charge is 0.141 e. The SMILES string of the molecule is c1ccc(COc2ccc(Nc3ncnc4ccc(-c5ccco5)cc34)cc2)cc1. The number of aromatic nitrogens is 2. The zero-order valence-corrected chi connectivity index (χ0v) is 16.2. The summed E-state index contributed by atoms with van der Waals surface area (Å²) in [6.07, 6.45) is 3.23. The molecule has 0 aliphatic heterocycles. The Morgan fingerprint density at radius 3 is 2.50 bits per heavy atom. The van der Waals surface area contributed by atoms with Crippen molar-refractivity contribution in [3.05, 3.63) is 103 Å². The lowest BCUT2D eigenvalue weighted by atomic mass is 10.1. The first kappa shape index (κ1) is 17.9. The Morgan fingerprint density at radius 1 is 0.833 bits per heavy atom. The molecule has 0 spiro atoms. The summed E-state index contributed by atoms with van der Waals surface area (Å²) in [6, 6.07) is 27.8. The molecular weight excluding hydrogens is 374 g/mol. The Morgan fingerprint density at radius 2 is 1.70 bits per heavy atom. The standard InChI is InChI=1S/C25H19N3O2/c1-2-5-18(6-3-1)16-30-21-11-9-20(10-12-21)28-25-22-15-19(24-7-4-14-29-24)8-13-23(22)26-17-27-25/h1-15,17H,16H2,(H,26,27,28). The fourth-order valence-corrected chi connectivity index (χ4v) is 3.26. The molecule has 2 heterocycles. The number of furan rings is 1. The van der Waals surface area contributed by atoms with Crippen molar-refractivity contribution in [1.82, 2.24) is 9.97 Å². The molecule has 3 aromatic carbocycles. The van der Waals surface area contributed by atoms with Crippen LogP contribution < -0.4 is 10.1 Å². The van der Waals surface area contributed by atoms with E-state index in [0.717, 1.165) is 45.0 Å². The molecule has 0 aliphatic carbocycles. The van der Waals surface area contributed by atoms with Gasteiger partial charge in [0.25, 0.3) is 0 Å². The summed E-state index contributed by atoms with van der Waals surface area (Å²) >= 11 is 0. The van der Waals surface area contributed by atoms with Crippen LogP contribution in [0.5, 0.6) is 5.75 Å². The monoisotopic (exact) mass is 393 g/mol. The van der Waals surface area contributed by atoms with Gasteiger partial charge in [-0.3, -0.25) is 0 Å². The average molecular weight is 393 g/mol. The third-order valence-corrected chi connectivity index (χ3v) is 4.81. The van der Waals surface area contributed by atoms with Crippen molar-refractivity contribution in [2.24, 2.45) is 0 Å². The predicted octanol–water partition coefficient (Wildman–Crippen LogP) is 6.21. The van der Waals surface area contributed by atoms with E-state index < -0.39 is 0 Å². The molecule has 0 atom stereocenters. The Kier molecular flexibility index (Phi) is 4.84. The largest absolute Gasteiger partial charge is 0.489 e. The number of ether oxygens (including phenoxy) is 1. The van der Waals surface area contributed by atoms with Gasteiger partial charge in [-0.15, -0.1) is 0 Å². The van der Waals surface area contributed by atoms with Crippen LogP contribution in [-0.2, 0) is 6.61 Å². The molecule has 5 nitrogen and oxygen atoms in total. The zero-order chi connectivity index (χ0) is 20.2. The minimum absolute atomic E-state index is 0.541. The van der Waals surface area contributed by atoms with Crippen LogP contribution in [0.4, 0.5) is 11.5 Å². The predicted molar refractivity (Wildman–Crippen MR) is 118 cm³/mol. The topological polar surface area (TPSA) is 60.2 Å². The van der Waals surface area contributed by atoms with E-state index in [1.54, 1.807) is 12.6 Å². The molecule has 0 aliphatic rings. The number of fused-ring (bicyclic) bond motifs is 1. The molecule has 1 N–H and O–H groups in total. The van der Waals surface area contributed by atoms with Crippen LogP contribution in [0.15, 0.2) is 102 Å². The molecule has 5 heteroatoms. The van der Waals surface area contributed by atoms with Gasteiger partial charge in [-0.2, -0.15) is 0 Å². The quantitative estimate of drug-likeness (QED) is 0.371. The molecule has 0 amide bonds. The Balaban J connectivity index is 1.35. The molecule has 0 unspecified atom stereocenters. The minimum Gasteiger partial charge on any atom is -0.489 e. The van der Waals surface area contributed by atoms with E-state index in [4.69, 9.17) is 9.15 Å². The maximum atomic E-state index is 5.86. The van der Waals surface area contributed by atoms with Crippen molar-refractivity contribution >= 4 is 22.4 Å². The molecule has 30 heavy (non-hydrogen) atoms. The first-order valence-corrected chi connectivity index (χ1v) is 9.68. The van der Waals surface area contributed by atoms with E-state index in [2.05, 4.69) is 15.3 Å². The fraction of sp³-hybridized carbons (Fsp3) is 0.0400. The highest BCUT2D eigenvalue weighted by Gasteiger charge is 2.08. The van der Waals surface area contributed by atoms with Crippen LogP contribution in [0.25, 0.3) is 22.2 Å². The lowest BCUT2D eigenvalue weighted by Gasteiger charge is -2.11. The molecule has 0 bridgehead atoms. The van der Waals surface area contributed by atoms with Crippen molar-refractivity contribution in [1.29, 1.82) is 0 Å². The second-order valence-electron chi connectivity index (χ2n) is 6.86. The zero-order valence-electron chi connectivity index (χ0n) is 16.2. The number of rotatable bonds is 6. The molecule has 146 valence electrons. The lowest BCUT2D eigenvalue weighted by Crippen LogP contribution is -1.97. The summed E-state index contributed by atoms with van der Waals surface area (Å²) in [6.45, 7) is 0.541. The van der Waals surface area contributed by atoms with Gasteiger partial charge in [0.1, 0.15) is 30.3 Å². The van der Waals surface area contributed by atoms with Crippen LogP contribution in [0, 0.1) is 0 Å². The normalized spacial score (nSPS) is 10.8. The summed E-state index contributed by atoms with van der Waals surface area (Å²) in [5.74, 6) is 2.37. The molecule has 2 aromatic heterocycles. The molecule has 0 radical (unpaired) electrons. The van der Waals surface area contributed by atoms with Crippen LogP contribution in [0.2, 0.25) is 0 Å². The number of hydrogen-bond acceptors (Lipinski definition) is 5. The molecule has 5 rings (SSSR count). The Bertz CT molecular complexity index is 1250. The van der Waals surface area contributed by atoms with Gasteiger partial charge in [-0.1, -0.05) is 30.3 Å². The highest BCUT2D eigenvalue weighted by atomic mass is 16.5. The number of nitrogens with one attached hydrogen (secondary N) is 1. The van der Waals surface area contributed by atoms with E-state index in [1.165, 1.54) is 0 Å². The number of hydrogen-bond donors (Lipinski definition) is 1. The first-order chi connectivity index (χ1) is 14.8. The third kappa shape index (κ3) is 3.86. The second kappa shape index (κ2) is 8.09. The van der Waals surface area contributed by atoms with Gasteiger partial charge in [0.2, 0.25) is 0 Å². The Hall–Kier alpha value is -4.12. The van der Waals surface area contributed by atoms with E-state index in [1.807, 2.05) is 84.9 Å². The van der Waals surface area contributed by atoms with Crippen molar-refractivity contribution in [3.63, 3.8) is 0 Å². The van der Waals surface area contributed by atoms with Crippen LogP contribution >= 0.6 is 0 Å². The van der Waals surface area contributed by atoms with E-state index in [-0.39, 0.29) is 0 Å². The van der Waals surface area contributed by atoms with Crippen LogP contribution in [0.3, 0.4) is 0 Å². The second-order valence-corrected chi connectivity index (χ2v) is 6.86. The summed E-state index contributed by atoms with van der Waals surface area (Å²) in [5, 5.41) is 4.31. The van der Waals surface area contributed by atoms with Crippen molar-refractivity contribution < 1.29 is 9.15 Å². The maximum absolute atomic E-state index is 5.86. The molecule has 0 saturated heterocycles. The van der Waals surface area contributed by atoms with E-state index in [0.29, 0.717) is 6.61 Å². The van der Waals surface area contributed by atoms with Gasteiger partial charge < -0.3 is 14.5 Å². The van der Waals surface area contributed by atoms with Crippen molar-refractivity contribution in [2.45, 2.75) is 6.61 Å². The first-order valence-electron chi connectivity index (χ1n) is 9.68. The summed E-state index contributed by atoms with van der Waals surface area (Å²) < 4.78 is 11.4. The van der Waals surface area contributed by atoms with Gasteiger partial charge in [0.05, 0.1) is 11.8 Å². The summed E-state index contributed by atoms with van der Waals surface area (Å²) in [5.41, 5.74) is 3.91. The number of anilines is 2. The molecular formula is C25H19N3O2. The Labute approximate surface area is 174 Å². The minimum atomic E-state index is 0.541. The van der Waals surface area contributed by atoms with Gasteiger partial charge in [-0.25, -0.2) is 9.97 Å². The van der Waals surface area contributed by atoms with Gasteiger partial charge >= 0.3 is 0 Å². The van der Waals surface area contributed by atoms with Gasteiger partial charge in [-0.05, 0) is 60.2 Å². The lowest BCUT2D eigenvalue weighted by molar-refractivity contribution is 0.306. The maximum Gasteiger partial charge on any atom is 0.141 e. The fourth-order valence-electron chi connectivity index (χ4n) is 3.26. The van der Waals surface area contributed by atoms with Crippen molar-refractivity contribution in [2.75, 3.05) is 5.32 Å². The van der Waals surface area contributed by atoms with Crippen molar-refractivity contribution in [3.8, 4) is 17.1 Å². The third-order valence-electron chi connectivity index (χ3n) is 4.81. The molecule has 0 fully saturated rings. The summed E-state index contributed by atoms with van der Waals surface area (Å²) in [4.78, 5) is 8.81. The molecule has 5 aromatic rings.